The minimum Gasteiger partial charge on any atom is -0.456 e. The number of rotatable bonds is 2. The molecule has 1 saturated heterocycles. The van der Waals surface area contributed by atoms with Crippen LogP contribution >= 0.6 is 0 Å². The molecule has 1 fully saturated rings. The summed E-state index contributed by atoms with van der Waals surface area (Å²) in [6, 6.07) is 9.90. The van der Waals surface area contributed by atoms with Crippen molar-refractivity contribution in [2.75, 3.05) is 0 Å². The first-order valence-corrected chi connectivity index (χ1v) is 4.58. The van der Waals surface area contributed by atoms with E-state index in [1.165, 1.54) is 0 Å². The molecular formula is C11H12O2. The molecule has 0 N–H and O–H groups in total. The number of cyclic esters (lactones) is 1. The van der Waals surface area contributed by atoms with Crippen molar-refractivity contribution in [3.8, 4) is 0 Å². The van der Waals surface area contributed by atoms with Crippen LogP contribution in [0, 0.1) is 5.92 Å². The fourth-order valence-electron chi connectivity index (χ4n) is 1.67. The zero-order chi connectivity index (χ0) is 9.26. The van der Waals surface area contributed by atoms with Gasteiger partial charge in [0.25, 0.3) is 0 Å². The van der Waals surface area contributed by atoms with Crippen LogP contribution in [0.1, 0.15) is 25.0 Å². The molecule has 2 rings (SSSR count). The van der Waals surface area contributed by atoms with Crippen LogP contribution in [0.4, 0.5) is 0 Å². The van der Waals surface area contributed by atoms with Gasteiger partial charge in [-0.3, -0.25) is 4.79 Å². The monoisotopic (exact) mass is 176 g/mol. The number of carbonyl (C=O) groups is 1. The van der Waals surface area contributed by atoms with Gasteiger partial charge in [0.2, 0.25) is 0 Å². The quantitative estimate of drug-likeness (QED) is 0.646. The zero-order valence-electron chi connectivity index (χ0n) is 7.57. The van der Waals surface area contributed by atoms with E-state index >= 15 is 0 Å². The summed E-state index contributed by atoms with van der Waals surface area (Å²) in [5, 5.41) is 0. The van der Waals surface area contributed by atoms with Crippen molar-refractivity contribution in [3.05, 3.63) is 35.9 Å². The normalized spacial score (nSPS) is 26.4. The third kappa shape index (κ3) is 1.32. The minimum atomic E-state index is -0.0589. The molecular weight excluding hydrogens is 164 g/mol. The average Bonchev–Trinajstić information content (AvgIpc) is 2.16. The second-order valence-electron chi connectivity index (χ2n) is 3.28. The molecule has 0 radical (unpaired) electrons. The van der Waals surface area contributed by atoms with Crippen LogP contribution in [0.15, 0.2) is 30.3 Å². The Morgan fingerprint density at radius 3 is 2.54 bits per heavy atom. The van der Waals surface area contributed by atoms with Gasteiger partial charge < -0.3 is 4.74 Å². The third-order valence-corrected chi connectivity index (χ3v) is 2.48. The second-order valence-corrected chi connectivity index (χ2v) is 3.28. The van der Waals surface area contributed by atoms with Gasteiger partial charge in [0.15, 0.2) is 0 Å². The van der Waals surface area contributed by atoms with Gasteiger partial charge in [-0.25, -0.2) is 0 Å². The van der Waals surface area contributed by atoms with E-state index in [4.69, 9.17) is 4.74 Å². The Morgan fingerprint density at radius 2 is 2.00 bits per heavy atom. The van der Waals surface area contributed by atoms with E-state index in [0.717, 1.165) is 12.0 Å². The molecule has 0 amide bonds. The highest BCUT2D eigenvalue weighted by Crippen LogP contribution is 2.38. The van der Waals surface area contributed by atoms with E-state index < -0.39 is 0 Å². The van der Waals surface area contributed by atoms with E-state index in [-0.39, 0.29) is 18.0 Å². The molecule has 0 spiro atoms. The van der Waals surface area contributed by atoms with Gasteiger partial charge in [-0.1, -0.05) is 37.3 Å². The molecule has 1 aromatic carbocycles. The molecule has 0 unspecified atom stereocenters. The molecule has 2 atom stereocenters. The van der Waals surface area contributed by atoms with Crippen LogP contribution in [-0.2, 0) is 9.53 Å². The molecule has 1 aliphatic rings. The average molecular weight is 176 g/mol. The highest BCUT2D eigenvalue weighted by Gasteiger charge is 2.41. The maximum atomic E-state index is 11.0. The summed E-state index contributed by atoms with van der Waals surface area (Å²) in [5.74, 6) is 0.0127. The van der Waals surface area contributed by atoms with Gasteiger partial charge in [0.05, 0.1) is 5.92 Å². The van der Waals surface area contributed by atoms with Gasteiger partial charge in [-0.15, -0.1) is 0 Å². The van der Waals surface area contributed by atoms with Crippen LogP contribution in [0.5, 0.6) is 0 Å². The molecule has 2 nitrogen and oxygen atoms in total. The van der Waals surface area contributed by atoms with Crippen LogP contribution in [0.3, 0.4) is 0 Å². The van der Waals surface area contributed by atoms with Crippen LogP contribution in [-0.4, -0.2) is 5.97 Å². The van der Waals surface area contributed by atoms with Crippen molar-refractivity contribution in [1.82, 2.24) is 0 Å². The van der Waals surface area contributed by atoms with Crippen LogP contribution in [0.2, 0.25) is 0 Å². The lowest BCUT2D eigenvalue weighted by atomic mass is 9.89. The number of carbonyl (C=O) groups excluding carboxylic acids is 1. The lowest BCUT2D eigenvalue weighted by Gasteiger charge is -2.34. The molecule has 13 heavy (non-hydrogen) atoms. The highest BCUT2D eigenvalue weighted by molar-refractivity contribution is 5.79. The van der Waals surface area contributed by atoms with E-state index in [1.807, 2.05) is 37.3 Å². The molecule has 1 heterocycles. The fourth-order valence-corrected chi connectivity index (χ4v) is 1.67. The Bertz CT molecular complexity index is 305. The van der Waals surface area contributed by atoms with Gasteiger partial charge in [-0.05, 0) is 12.0 Å². The topological polar surface area (TPSA) is 26.3 Å². The maximum absolute atomic E-state index is 11.0. The first-order valence-electron chi connectivity index (χ1n) is 4.58. The van der Waals surface area contributed by atoms with E-state index in [0.29, 0.717) is 0 Å². The molecule has 1 aliphatic heterocycles. The second kappa shape index (κ2) is 3.21. The summed E-state index contributed by atoms with van der Waals surface area (Å²) in [6.07, 6.45) is 0.858. The van der Waals surface area contributed by atoms with Crippen molar-refractivity contribution in [2.45, 2.75) is 19.4 Å². The van der Waals surface area contributed by atoms with Crippen molar-refractivity contribution < 1.29 is 9.53 Å². The highest BCUT2D eigenvalue weighted by atomic mass is 16.6. The summed E-state index contributed by atoms with van der Waals surface area (Å²) < 4.78 is 5.09. The van der Waals surface area contributed by atoms with E-state index in [9.17, 15) is 4.79 Å². The van der Waals surface area contributed by atoms with Gasteiger partial charge in [-0.2, -0.15) is 0 Å². The zero-order valence-corrected chi connectivity index (χ0v) is 7.57. The summed E-state index contributed by atoms with van der Waals surface area (Å²) >= 11 is 0. The van der Waals surface area contributed by atoms with Crippen molar-refractivity contribution >= 4 is 5.97 Å². The number of benzene rings is 1. The predicted octanol–water partition coefficient (Wildman–Crippen LogP) is 2.31. The third-order valence-electron chi connectivity index (χ3n) is 2.48. The summed E-state index contributed by atoms with van der Waals surface area (Å²) in [5.41, 5.74) is 1.11. The van der Waals surface area contributed by atoms with Gasteiger partial charge >= 0.3 is 5.97 Å². The summed E-state index contributed by atoms with van der Waals surface area (Å²) in [6.45, 7) is 2.01. The standard InChI is InChI=1S/C11H12O2/c1-2-9-10(13-11(9)12)8-6-4-3-5-7-8/h3-7,9-10H,2H2,1H3/t9-,10-/m0/s1. The molecule has 0 aromatic heterocycles. The lowest BCUT2D eigenvalue weighted by Crippen LogP contribution is -2.37. The predicted molar refractivity (Wildman–Crippen MR) is 49.1 cm³/mol. The van der Waals surface area contributed by atoms with Crippen molar-refractivity contribution in [1.29, 1.82) is 0 Å². The molecule has 1 aromatic rings. The van der Waals surface area contributed by atoms with Crippen molar-refractivity contribution in [3.63, 3.8) is 0 Å². The molecule has 68 valence electrons. The maximum Gasteiger partial charge on any atom is 0.313 e. The Kier molecular flexibility index (Phi) is 2.05. The minimum absolute atomic E-state index is 0.00120. The number of hydrogen-bond acceptors (Lipinski definition) is 2. The van der Waals surface area contributed by atoms with E-state index in [1.54, 1.807) is 0 Å². The van der Waals surface area contributed by atoms with Crippen LogP contribution < -0.4 is 0 Å². The Labute approximate surface area is 77.5 Å². The summed E-state index contributed by atoms with van der Waals surface area (Å²) in [7, 11) is 0. The SMILES string of the molecule is CC[C@@H]1C(=O)O[C@H]1c1ccccc1. The molecule has 2 heteroatoms. The first-order chi connectivity index (χ1) is 6.33. The smallest absolute Gasteiger partial charge is 0.313 e. The fraction of sp³-hybridized carbons (Fsp3) is 0.364. The van der Waals surface area contributed by atoms with E-state index in [2.05, 4.69) is 0 Å². The Hall–Kier alpha value is -1.31. The largest absolute Gasteiger partial charge is 0.456 e. The lowest BCUT2D eigenvalue weighted by molar-refractivity contribution is -0.186. The van der Waals surface area contributed by atoms with Gasteiger partial charge in [0, 0.05) is 0 Å². The molecule has 0 aliphatic carbocycles. The Balaban J connectivity index is 2.16. The number of hydrogen-bond donors (Lipinski definition) is 0. The van der Waals surface area contributed by atoms with Crippen LogP contribution in [0.25, 0.3) is 0 Å². The molecule has 0 bridgehead atoms. The molecule has 0 saturated carbocycles. The first kappa shape index (κ1) is 8.30. The summed E-state index contributed by atoms with van der Waals surface area (Å²) in [4.78, 5) is 11.0. The number of ether oxygens (including phenoxy) is 1. The number of esters is 1. The Morgan fingerprint density at radius 1 is 1.31 bits per heavy atom. The van der Waals surface area contributed by atoms with Gasteiger partial charge in [0.1, 0.15) is 6.10 Å². The van der Waals surface area contributed by atoms with Crippen molar-refractivity contribution in [2.24, 2.45) is 5.92 Å².